The highest BCUT2D eigenvalue weighted by Crippen LogP contribution is 2.33. The maximum absolute atomic E-state index is 13.2. The number of aromatic nitrogens is 3. The summed E-state index contributed by atoms with van der Waals surface area (Å²) >= 11 is 1.70. The van der Waals surface area contributed by atoms with Crippen molar-refractivity contribution < 1.29 is 4.79 Å². The van der Waals surface area contributed by atoms with Crippen LogP contribution in [0.4, 0.5) is 0 Å². The number of aryl methyl sites for hydroxylation is 1. The second kappa shape index (κ2) is 7.77. The minimum Gasteiger partial charge on any atom is -0.338 e. The Morgan fingerprint density at radius 2 is 2.06 bits per heavy atom. The van der Waals surface area contributed by atoms with E-state index in [1.54, 1.807) is 29.5 Å². The number of carbonyl (C=O) groups excluding carboxylic acids is 1. The molecule has 1 saturated heterocycles. The maximum Gasteiger partial charge on any atom is 0.316 e. The number of likely N-dealkylation sites (tertiary alicyclic amines) is 1. The van der Waals surface area contributed by atoms with Gasteiger partial charge in [-0.25, -0.2) is 4.98 Å². The fourth-order valence-electron chi connectivity index (χ4n) is 4.34. The van der Waals surface area contributed by atoms with Crippen LogP contribution in [0.15, 0.2) is 52.1 Å². The third kappa shape index (κ3) is 3.46. The summed E-state index contributed by atoms with van der Waals surface area (Å²) in [5.74, 6) is 0.156. The Morgan fingerprint density at radius 3 is 2.87 bits per heavy atom. The third-order valence-electron chi connectivity index (χ3n) is 5.91. The number of H-pyrrole nitrogens is 1. The molecule has 1 unspecified atom stereocenters. The number of benzene rings is 2. The molecule has 8 heteroatoms. The predicted molar refractivity (Wildman–Crippen MR) is 122 cm³/mol. The largest absolute Gasteiger partial charge is 0.338 e. The highest BCUT2D eigenvalue weighted by atomic mass is 32.1. The molecule has 5 rings (SSSR count). The first-order valence-corrected chi connectivity index (χ1v) is 11.3. The number of fused-ring (bicyclic) bond motifs is 2. The van der Waals surface area contributed by atoms with Gasteiger partial charge in [-0.05, 0) is 50.1 Å². The zero-order valence-corrected chi connectivity index (χ0v) is 17.9. The van der Waals surface area contributed by atoms with Crippen LogP contribution >= 0.6 is 11.3 Å². The first kappa shape index (κ1) is 19.7. The molecule has 0 aliphatic carbocycles. The Morgan fingerprint density at radius 1 is 1.23 bits per heavy atom. The molecule has 158 valence electrons. The quantitative estimate of drug-likeness (QED) is 0.501. The Hall–Kier alpha value is -3.26. The molecule has 1 amide bonds. The molecule has 0 saturated carbocycles. The number of thiazole rings is 1. The van der Waals surface area contributed by atoms with E-state index in [-0.39, 0.29) is 11.8 Å². The number of hydrogen-bond donors (Lipinski definition) is 1. The van der Waals surface area contributed by atoms with E-state index >= 15 is 0 Å². The van der Waals surface area contributed by atoms with Crippen molar-refractivity contribution in [3.63, 3.8) is 0 Å². The van der Waals surface area contributed by atoms with Gasteiger partial charge in [0.05, 0.1) is 26.3 Å². The topological polar surface area (TPSA) is 88.1 Å². The number of nitrogens with one attached hydrogen (secondary N) is 1. The Labute approximate surface area is 182 Å². The van der Waals surface area contributed by atoms with Crippen LogP contribution in [-0.4, -0.2) is 38.4 Å². The summed E-state index contributed by atoms with van der Waals surface area (Å²) in [6.45, 7) is 3.53. The van der Waals surface area contributed by atoms with Gasteiger partial charge in [-0.1, -0.05) is 12.1 Å². The smallest absolute Gasteiger partial charge is 0.316 e. The van der Waals surface area contributed by atoms with Gasteiger partial charge in [-0.15, -0.1) is 11.3 Å². The average Bonchev–Trinajstić information content (AvgIpc) is 3.24. The summed E-state index contributed by atoms with van der Waals surface area (Å²) in [6.07, 6.45) is 1.93. The fourth-order valence-corrected chi connectivity index (χ4v) is 5.43. The Balaban J connectivity index is 1.44. The van der Waals surface area contributed by atoms with Gasteiger partial charge in [-0.3, -0.25) is 14.4 Å². The summed E-state index contributed by atoms with van der Waals surface area (Å²) in [6, 6.07) is 13.2. The molecule has 1 aliphatic rings. The first-order valence-electron chi connectivity index (χ1n) is 10.5. The van der Waals surface area contributed by atoms with Gasteiger partial charge in [0, 0.05) is 31.1 Å². The van der Waals surface area contributed by atoms with E-state index in [1.807, 2.05) is 30.0 Å². The Kier molecular flexibility index (Phi) is 4.94. The lowest BCUT2D eigenvalue weighted by Gasteiger charge is -2.32. The number of rotatable bonds is 3. The highest BCUT2D eigenvalue weighted by molar-refractivity contribution is 7.18. The molecule has 4 aromatic rings. The Bertz CT molecular complexity index is 1380. The van der Waals surface area contributed by atoms with Gasteiger partial charge in [-0.2, -0.15) is 0 Å². The number of para-hydroxylation sites is 1. The van der Waals surface area contributed by atoms with Crippen molar-refractivity contribution in [3.05, 3.63) is 73.7 Å². The van der Waals surface area contributed by atoms with Crippen LogP contribution in [0.5, 0.6) is 0 Å². The summed E-state index contributed by atoms with van der Waals surface area (Å²) in [5, 5.41) is 1.08. The van der Waals surface area contributed by atoms with Crippen molar-refractivity contribution in [1.29, 1.82) is 0 Å². The van der Waals surface area contributed by atoms with Crippen LogP contribution < -0.4 is 11.1 Å². The lowest BCUT2D eigenvalue weighted by atomic mass is 9.98. The number of nitrogens with zero attached hydrogens (tertiary/aromatic N) is 3. The van der Waals surface area contributed by atoms with E-state index in [2.05, 4.69) is 11.1 Å². The number of amides is 1. The summed E-state index contributed by atoms with van der Waals surface area (Å²) in [7, 11) is 0. The average molecular weight is 435 g/mol. The van der Waals surface area contributed by atoms with Crippen molar-refractivity contribution in [2.24, 2.45) is 0 Å². The van der Waals surface area contributed by atoms with Gasteiger partial charge in [0.25, 0.3) is 5.91 Å². The molecular weight excluding hydrogens is 412 g/mol. The monoisotopic (exact) mass is 434 g/mol. The van der Waals surface area contributed by atoms with Crippen molar-refractivity contribution >= 4 is 38.5 Å². The molecule has 31 heavy (non-hydrogen) atoms. The standard InChI is InChI=1S/C23H22N4O3S/c1-2-27-18-10-9-14(12-17(18)24-20(28)23(27)30)22(29)26-11-5-6-15(13-26)21-25-16-7-3-4-8-19(16)31-21/h3-4,7-10,12,15H,2,5-6,11,13H2,1H3,(H,24,28). The van der Waals surface area contributed by atoms with Gasteiger partial charge < -0.3 is 14.5 Å². The lowest BCUT2D eigenvalue weighted by Crippen LogP contribution is -2.39. The lowest BCUT2D eigenvalue weighted by molar-refractivity contribution is 0.0707. The summed E-state index contributed by atoms with van der Waals surface area (Å²) < 4.78 is 2.59. The van der Waals surface area contributed by atoms with Crippen LogP contribution in [0.1, 0.15) is 41.0 Å². The molecule has 2 aromatic heterocycles. The first-order chi connectivity index (χ1) is 15.0. The van der Waals surface area contributed by atoms with Crippen LogP contribution in [-0.2, 0) is 6.54 Å². The van der Waals surface area contributed by atoms with E-state index in [1.165, 1.54) is 9.27 Å². The molecule has 2 aromatic carbocycles. The van der Waals surface area contributed by atoms with Crippen LogP contribution in [0.2, 0.25) is 0 Å². The molecule has 0 radical (unpaired) electrons. The zero-order valence-electron chi connectivity index (χ0n) is 17.1. The highest BCUT2D eigenvalue weighted by Gasteiger charge is 2.27. The molecule has 1 atom stereocenters. The molecule has 1 fully saturated rings. The molecular formula is C23H22N4O3S. The third-order valence-corrected chi connectivity index (χ3v) is 7.11. The zero-order chi connectivity index (χ0) is 21.5. The normalized spacial score (nSPS) is 16.8. The maximum atomic E-state index is 13.2. The minimum absolute atomic E-state index is 0.0668. The van der Waals surface area contributed by atoms with Crippen molar-refractivity contribution in [2.75, 3.05) is 13.1 Å². The van der Waals surface area contributed by atoms with E-state index in [0.717, 1.165) is 23.4 Å². The van der Waals surface area contributed by atoms with Gasteiger partial charge in [0.15, 0.2) is 0 Å². The number of aromatic amines is 1. The van der Waals surface area contributed by atoms with Crippen molar-refractivity contribution in [3.8, 4) is 0 Å². The van der Waals surface area contributed by atoms with Crippen LogP contribution in [0, 0.1) is 0 Å². The summed E-state index contributed by atoms with van der Waals surface area (Å²) in [5.41, 5.74) is 1.38. The molecule has 1 aliphatic heterocycles. The van der Waals surface area contributed by atoms with E-state index in [9.17, 15) is 14.4 Å². The van der Waals surface area contributed by atoms with Crippen molar-refractivity contribution in [2.45, 2.75) is 32.2 Å². The second-order valence-electron chi connectivity index (χ2n) is 7.85. The van der Waals surface area contributed by atoms with Gasteiger partial charge >= 0.3 is 11.1 Å². The SMILES string of the molecule is CCn1c(=O)c(=O)[nH]c2cc(C(=O)N3CCCC(c4nc5ccccc5s4)C3)ccc21. The van der Waals surface area contributed by atoms with E-state index < -0.39 is 11.1 Å². The summed E-state index contributed by atoms with van der Waals surface area (Å²) in [4.78, 5) is 46.6. The molecule has 3 heterocycles. The molecule has 1 N–H and O–H groups in total. The van der Waals surface area contributed by atoms with E-state index in [4.69, 9.17) is 4.98 Å². The van der Waals surface area contributed by atoms with Crippen molar-refractivity contribution in [1.82, 2.24) is 19.4 Å². The number of piperidine rings is 1. The van der Waals surface area contributed by atoms with Crippen LogP contribution in [0.25, 0.3) is 21.3 Å². The fraction of sp³-hybridized carbons (Fsp3) is 0.304. The molecule has 7 nitrogen and oxygen atoms in total. The van der Waals surface area contributed by atoms with E-state index in [0.29, 0.717) is 36.2 Å². The number of carbonyl (C=O) groups is 1. The number of hydrogen-bond acceptors (Lipinski definition) is 5. The second-order valence-corrected chi connectivity index (χ2v) is 8.91. The van der Waals surface area contributed by atoms with Gasteiger partial charge in [0.1, 0.15) is 0 Å². The van der Waals surface area contributed by atoms with Crippen LogP contribution in [0.3, 0.4) is 0 Å². The predicted octanol–water partition coefficient (Wildman–Crippen LogP) is 3.34. The molecule has 0 bridgehead atoms. The molecule has 0 spiro atoms. The minimum atomic E-state index is -0.673. The van der Waals surface area contributed by atoms with Gasteiger partial charge in [0.2, 0.25) is 0 Å².